The van der Waals surface area contributed by atoms with Gasteiger partial charge in [0.2, 0.25) is 0 Å². The number of benzene rings is 2. The minimum Gasteiger partial charge on any atom is -0.350 e. The number of nitrogens with one attached hydrogen (secondary N) is 2. The van der Waals surface area contributed by atoms with Crippen LogP contribution < -0.4 is 10.6 Å². The Labute approximate surface area is 158 Å². The van der Waals surface area contributed by atoms with Crippen molar-refractivity contribution in [2.45, 2.75) is 18.2 Å². The van der Waals surface area contributed by atoms with Crippen molar-refractivity contribution in [2.24, 2.45) is 0 Å². The number of carbonyl (C=O) groups is 1. The van der Waals surface area contributed by atoms with E-state index in [2.05, 4.69) is 22.8 Å². The molecule has 0 bridgehead atoms. The Morgan fingerprint density at radius 2 is 2.12 bits per heavy atom. The predicted molar refractivity (Wildman–Crippen MR) is 104 cm³/mol. The first-order chi connectivity index (χ1) is 11.7. The van der Waals surface area contributed by atoms with Crippen molar-refractivity contribution < 1.29 is 9.18 Å². The molecule has 1 heterocycles. The van der Waals surface area contributed by atoms with Crippen LogP contribution in [0.4, 0.5) is 4.39 Å². The standard InChI is InChI=1S/C19H21FN2OS.ClH/c1-24-12-15-10-14(6-7-17(15)20)19(23)22-11-18-16-5-3-2-4-13(16)8-9-21-18;/h2-7,10,18,21H,8-9,11-12H2,1H3,(H,22,23);1H. The first-order valence-electron chi connectivity index (χ1n) is 8.06. The summed E-state index contributed by atoms with van der Waals surface area (Å²) in [6, 6.07) is 13.0. The molecular formula is C19H22ClFN2OS. The summed E-state index contributed by atoms with van der Waals surface area (Å²) in [5.74, 6) is 0.135. The number of hydrogen-bond donors (Lipinski definition) is 2. The van der Waals surface area contributed by atoms with Gasteiger partial charge in [-0.25, -0.2) is 4.39 Å². The van der Waals surface area contributed by atoms with Crippen LogP contribution >= 0.6 is 24.2 Å². The zero-order chi connectivity index (χ0) is 16.9. The van der Waals surface area contributed by atoms with Gasteiger partial charge < -0.3 is 10.6 Å². The first-order valence-corrected chi connectivity index (χ1v) is 9.45. The summed E-state index contributed by atoms with van der Waals surface area (Å²) in [5.41, 5.74) is 3.64. The molecule has 1 atom stereocenters. The first kappa shape index (κ1) is 19.8. The third-order valence-corrected chi connectivity index (χ3v) is 4.89. The number of hydrogen-bond acceptors (Lipinski definition) is 3. The molecule has 2 aromatic rings. The molecule has 25 heavy (non-hydrogen) atoms. The summed E-state index contributed by atoms with van der Waals surface area (Å²) >= 11 is 1.54. The van der Waals surface area contributed by atoms with Crippen molar-refractivity contribution in [3.8, 4) is 0 Å². The molecule has 0 saturated carbocycles. The molecule has 3 nitrogen and oxygen atoms in total. The maximum atomic E-state index is 13.7. The van der Waals surface area contributed by atoms with Crippen molar-refractivity contribution in [3.63, 3.8) is 0 Å². The largest absolute Gasteiger partial charge is 0.350 e. The van der Waals surface area contributed by atoms with Crippen molar-refractivity contribution in [1.29, 1.82) is 0 Å². The van der Waals surface area contributed by atoms with E-state index in [4.69, 9.17) is 0 Å². The molecule has 1 amide bonds. The molecular weight excluding hydrogens is 359 g/mol. The Hall–Kier alpha value is -1.56. The fourth-order valence-electron chi connectivity index (χ4n) is 3.05. The average Bonchev–Trinajstić information content (AvgIpc) is 2.61. The summed E-state index contributed by atoms with van der Waals surface area (Å²) in [5, 5.41) is 6.41. The summed E-state index contributed by atoms with van der Waals surface area (Å²) in [6.07, 6.45) is 2.93. The van der Waals surface area contributed by atoms with E-state index in [1.54, 1.807) is 6.07 Å². The Morgan fingerprint density at radius 1 is 1.32 bits per heavy atom. The minimum atomic E-state index is -0.260. The van der Waals surface area contributed by atoms with E-state index in [-0.39, 0.29) is 30.2 Å². The van der Waals surface area contributed by atoms with Crippen LogP contribution in [0.1, 0.15) is 33.1 Å². The van der Waals surface area contributed by atoms with Crippen molar-refractivity contribution >= 4 is 30.1 Å². The lowest BCUT2D eigenvalue weighted by Gasteiger charge is -2.27. The molecule has 1 aliphatic rings. The van der Waals surface area contributed by atoms with E-state index in [0.717, 1.165) is 13.0 Å². The lowest BCUT2D eigenvalue weighted by molar-refractivity contribution is 0.0949. The highest BCUT2D eigenvalue weighted by Gasteiger charge is 2.20. The van der Waals surface area contributed by atoms with Crippen molar-refractivity contribution in [3.05, 3.63) is 70.5 Å². The second kappa shape index (κ2) is 9.22. The lowest BCUT2D eigenvalue weighted by atomic mass is 9.94. The van der Waals surface area contributed by atoms with Gasteiger partial charge >= 0.3 is 0 Å². The molecule has 0 aliphatic carbocycles. The molecule has 0 spiro atoms. The number of amides is 1. The monoisotopic (exact) mass is 380 g/mol. The highest BCUT2D eigenvalue weighted by Crippen LogP contribution is 2.22. The summed E-state index contributed by atoms with van der Waals surface area (Å²) in [6.45, 7) is 1.43. The van der Waals surface area contributed by atoms with Gasteiger partial charge in [-0.2, -0.15) is 11.8 Å². The van der Waals surface area contributed by atoms with Gasteiger partial charge in [0.05, 0.1) is 0 Å². The van der Waals surface area contributed by atoms with E-state index in [9.17, 15) is 9.18 Å². The second-order valence-electron chi connectivity index (χ2n) is 5.90. The molecule has 0 saturated heterocycles. The highest BCUT2D eigenvalue weighted by molar-refractivity contribution is 7.97. The van der Waals surface area contributed by atoms with Gasteiger partial charge in [-0.05, 0) is 54.1 Å². The third kappa shape index (κ3) is 4.75. The molecule has 134 valence electrons. The van der Waals surface area contributed by atoms with Crippen molar-refractivity contribution in [1.82, 2.24) is 10.6 Å². The number of rotatable bonds is 5. The zero-order valence-corrected chi connectivity index (χ0v) is 15.7. The van der Waals surface area contributed by atoms with E-state index in [1.165, 1.54) is 35.0 Å². The van der Waals surface area contributed by atoms with Crippen molar-refractivity contribution in [2.75, 3.05) is 19.3 Å². The Kier molecular flexibility index (Phi) is 7.29. The van der Waals surface area contributed by atoms with Crippen LogP contribution in [0.5, 0.6) is 0 Å². The fourth-order valence-corrected chi connectivity index (χ4v) is 3.59. The van der Waals surface area contributed by atoms with Gasteiger partial charge in [-0.1, -0.05) is 24.3 Å². The van der Waals surface area contributed by atoms with Gasteiger partial charge in [0.15, 0.2) is 0 Å². The molecule has 1 aliphatic heterocycles. The van der Waals surface area contributed by atoms with Crippen LogP contribution in [0, 0.1) is 5.82 Å². The van der Waals surface area contributed by atoms with Crippen LogP contribution in [0.3, 0.4) is 0 Å². The van der Waals surface area contributed by atoms with Gasteiger partial charge in [0.25, 0.3) is 5.91 Å². The Bertz CT molecular complexity index is 741. The topological polar surface area (TPSA) is 41.1 Å². The summed E-state index contributed by atoms with van der Waals surface area (Å²) < 4.78 is 13.7. The van der Waals surface area contributed by atoms with Crippen LogP contribution in [-0.2, 0) is 12.2 Å². The van der Waals surface area contributed by atoms with Gasteiger partial charge in [-0.3, -0.25) is 4.79 Å². The Morgan fingerprint density at radius 3 is 2.92 bits per heavy atom. The highest BCUT2D eigenvalue weighted by atomic mass is 35.5. The van der Waals surface area contributed by atoms with Crippen LogP contribution in [0.25, 0.3) is 0 Å². The van der Waals surface area contributed by atoms with Crippen LogP contribution in [0.15, 0.2) is 42.5 Å². The number of thioether (sulfide) groups is 1. The zero-order valence-electron chi connectivity index (χ0n) is 14.0. The second-order valence-corrected chi connectivity index (χ2v) is 6.77. The average molecular weight is 381 g/mol. The molecule has 1 unspecified atom stereocenters. The molecule has 0 fully saturated rings. The fraction of sp³-hybridized carbons (Fsp3) is 0.316. The predicted octanol–water partition coefficient (Wildman–Crippen LogP) is 3.73. The molecule has 3 rings (SSSR count). The molecule has 2 aromatic carbocycles. The third-order valence-electron chi connectivity index (χ3n) is 4.29. The SMILES string of the molecule is CSCc1cc(C(=O)NCC2NCCc3ccccc32)ccc1F.Cl. The number of fused-ring (bicyclic) bond motifs is 1. The van der Waals surface area contributed by atoms with E-state index in [0.29, 0.717) is 23.4 Å². The van der Waals surface area contributed by atoms with Gasteiger partial charge in [0, 0.05) is 23.9 Å². The lowest BCUT2D eigenvalue weighted by Crippen LogP contribution is -2.38. The van der Waals surface area contributed by atoms with E-state index >= 15 is 0 Å². The summed E-state index contributed by atoms with van der Waals surface area (Å²) in [4.78, 5) is 12.4. The van der Waals surface area contributed by atoms with E-state index in [1.807, 2.05) is 18.4 Å². The van der Waals surface area contributed by atoms with Gasteiger partial charge in [0.1, 0.15) is 5.82 Å². The molecule has 0 radical (unpaired) electrons. The maximum Gasteiger partial charge on any atom is 0.251 e. The van der Waals surface area contributed by atoms with Crippen LogP contribution in [0.2, 0.25) is 0 Å². The molecule has 0 aromatic heterocycles. The Balaban J connectivity index is 0.00000225. The number of carbonyl (C=O) groups excluding carboxylic acids is 1. The maximum absolute atomic E-state index is 13.7. The molecule has 6 heteroatoms. The van der Waals surface area contributed by atoms with Crippen LogP contribution in [-0.4, -0.2) is 25.3 Å². The normalized spacial score (nSPS) is 15.8. The molecule has 2 N–H and O–H groups in total. The minimum absolute atomic E-state index is 0. The van der Waals surface area contributed by atoms with E-state index < -0.39 is 0 Å². The summed E-state index contributed by atoms with van der Waals surface area (Å²) in [7, 11) is 0. The van der Waals surface area contributed by atoms with Gasteiger partial charge in [-0.15, -0.1) is 12.4 Å². The quantitative estimate of drug-likeness (QED) is 0.830. The number of halogens is 2. The smallest absolute Gasteiger partial charge is 0.251 e.